The first-order valence-electron chi connectivity index (χ1n) is 9.68. The first-order valence-corrected chi connectivity index (χ1v) is 9.68. The molecule has 0 unspecified atom stereocenters. The molecule has 1 amide bonds. The molecule has 6 heteroatoms. The van der Waals surface area contributed by atoms with E-state index < -0.39 is 0 Å². The number of nitrogens with zero attached hydrogens (tertiary/aromatic N) is 4. The number of nitrogens with one attached hydrogen (secondary N) is 1. The zero-order chi connectivity index (χ0) is 18.9. The lowest BCUT2D eigenvalue weighted by Crippen LogP contribution is -2.53. The van der Waals surface area contributed by atoms with Gasteiger partial charge in [-0.2, -0.15) is 5.10 Å². The predicted octanol–water partition coefficient (Wildman–Crippen LogP) is 3.31. The van der Waals surface area contributed by atoms with Gasteiger partial charge >= 0.3 is 0 Å². The van der Waals surface area contributed by atoms with Crippen LogP contribution in [0, 0.1) is 6.92 Å². The second-order valence-electron chi connectivity index (χ2n) is 8.26. The normalized spacial score (nSPS) is 16.4. The van der Waals surface area contributed by atoms with Crippen LogP contribution in [0.2, 0.25) is 0 Å². The molecular formula is C20H31N5O. The molecule has 1 aliphatic heterocycles. The monoisotopic (exact) mass is 357 g/mol. The van der Waals surface area contributed by atoms with E-state index in [9.17, 15) is 4.79 Å². The van der Waals surface area contributed by atoms with Gasteiger partial charge in [-0.3, -0.25) is 9.69 Å². The number of hydrogen-bond acceptors (Lipinski definition) is 4. The molecule has 0 spiro atoms. The Morgan fingerprint density at radius 2 is 1.96 bits per heavy atom. The number of amides is 1. The van der Waals surface area contributed by atoms with Crippen LogP contribution in [0.1, 0.15) is 69.1 Å². The zero-order valence-corrected chi connectivity index (χ0v) is 16.7. The fraction of sp³-hybridized carbons (Fsp3) is 0.650. The molecule has 3 heterocycles. The van der Waals surface area contributed by atoms with Crippen molar-refractivity contribution in [2.24, 2.45) is 0 Å². The summed E-state index contributed by atoms with van der Waals surface area (Å²) in [6.07, 6.45) is 5.60. The summed E-state index contributed by atoms with van der Waals surface area (Å²) in [4.78, 5) is 19.9. The highest BCUT2D eigenvalue weighted by atomic mass is 16.1. The molecule has 1 fully saturated rings. The predicted molar refractivity (Wildman–Crippen MR) is 104 cm³/mol. The van der Waals surface area contributed by atoms with Gasteiger partial charge in [0, 0.05) is 23.5 Å². The van der Waals surface area contributed by atoms with E-state index in [0.717, 1.165) is 29.8 Å². The summed E-state index contributed by atoms with van der Waals surface area (Å²) in [6, 6.07) is 2.15. The molecule has 0 saturated carbocycles. The maximum absolute atomic E-state index is 12.8. The molecule has 0 aliphatic carbocycles. The molecule has 2 aromatic heterocycles. The number of aromatic nitrogens is 3. The highest BCUT2D eigenvalue weighted by Crippen LogP contribution is 2.21. The Bertz CT molecular complexity index is 787. The maximum Gasteiger partial charge on any atom is 0.253 e. The number of piperidine rings is 1. The van der Waals surface area contributed by atoms with Crippen molar-refractivity contribution >= 4 is 16.9 Å². The first kappa shape index (κ1) is 18.8. The Morgan fingerprint density at radius 1 is 1.27 bits per heavy atom. The third-order valence-corrected chi connectivity index (χ3v) is 5.39. The van der Waals surface area contributed by atoms with Crippen LogP contribution in [0.4, 0.5) is 0 Å². The van der Waals surface area contributed by atoms with Crippen LogP contribution in [-0.4, -0.2) is 50.7 Å². The third-order valence-electron chi connectivity index (χ3n) is 5.39. The number of carbonyl (C=O) groups is 1. The van der Waals surface area contributed by atoms with Crippen LogP contribution in [0.3, 0.4) is 0 Å². The average molecular weight is 358 g/mol. The molecule has 3 rings (SSSR count). The second-order valence-corrected chi connectivity index (χ2v) is 8.26. The Morgan fingerprint density at radius 3 is 2.62 bits per heavy atom. The van der Waals surface area contributed by atoms with Crippen molar-refractivity contribution in [3.63, 3.8) is 0 Å². The van der Waals surface area contributed by atoms with Crippen LogP contribution >= 0.6 is 0 Å². The lowest BCUT2D eigenvalue weighted by atomic mass is 9.98. The summed E-state index contributed by atoms with van der Waals surface area (Å²) in [5.74, 6) is -0.0562. The molecule has 0 atom stereocenters. The minimum atomic E-state index is -0.0562. The first-order chi connectivity index (χ1) is 12.3. The van der Waals surface area contributed by atoms with E-state index in [-0.39, 0.29) is 17.5 Å². The molecule has 1 N–H and O–H groups in total. The number of hydrogen-bond donors (Lipinski definition) is 1. The number of aryl methyl sites for hydroxylation is 1. The maximum atomic E-state index is 12.8. The van der Waals surface area contributed by atoms with E-state index in [1.165, 1.54) is 19.3 Å². The van der Waals surface area contributed by atoms with Gasteiger partial charge in [0.2, 0.25) is 0 Å². The van der Waals surface area contributed by atoms with Gasteiger partial charge in [0.15, 0.2) is 5.65 Å². The summed E-state index contributed by atoms with van der Waals surface area (Å²) >= 11 is 0. The lowest BCUT2D eigenvalue weighted by molar-refractivity contribution is 0.0797. The molecule has 6 nitrogen and oxygen atoms in total. The van der Waals surface area contributed by atoms with Crippen LogP contribution < -0.4 is 5.32 Å². The van der Waals surface area contributed by atoms with E-state index >= 15 is 0 Å². The SMILES string of the molecule is Cc1nc2c(cnn2C(C)C)cc1C(=O)NCC(C)(C)N1CCCCC1. The fourth-order valence-corrected chi connectivity index (χ4v) is 3.68. The summed E-state index contributed by atoms with van der Waals surface area (Å²) in [5.41, 5.74) is 2.18. The molecule has 0 bridgehead atoms. The van der Waals surface area contributed by atoms with E-state index in [4.69, 9.17) is 0 Å². The van der Waals surface area contributed by atoms with E-state index in [0.29, 0.717) is 12.1 Å². The van der Waals surface area contributed by atoms with Crippen molar-refractivity contribution in [1.82, 2.24) is 25.0 Å². The van der Waals surface area contributed by atoms with Gasteiger partial charge in [-0.25, -0.2) is 9.67 Å². The van der Waals surface area contributed by atoms with Gasteiger partial charge in [-0.1, -0.05) is 6.42 Å². The number of rotatable bonds is 5. The van der Waals surface area contributed by atoms with Crippen LogP contribution in [-0.2, 0) is 0 Å². The van der Waals surface area contributed by atoms with Gasteiger partial charge in [-0.15, -0.1) is 0 Å². The van der Waals surface area contributed by atoms with Gasteiger partial charge in [0.1, 0.15) is 0 Å². The van der Waals surface area contributed by atoms with Crippen molar-refractivity contribution in [2.75, 3.05) is 19.6 Å². The summed E-state index contributed by atoms with van der Waals surface area (Å²) < 4.78 is 1.89. The van der Waals surface area contributed by atoms with Crippen molar-refractivity contribution in [3.8, 4) is 0 Å². The minimum absolute atomic E-state index is 0.0377. The van der Waals surface area contributed by atoms with Gasteiger partial charge in [0.25, 0.3) is 5.91 Å². The van der Waals surface area contributed by atoms with E-state index in [1.54, 1.807) is 6.20 Å². The number of fused-ring (bicyclic) bond motifs is 1. The molecule has 2 aromatic rings. The van der Waals surface area contributed by atoms with Crippen molar-refractivity contribution in [2.45, 2.75) is 65.5 Å². The Labute approximate surface area is 156 Å². The fourth-order valence-electron chi connectivity index (χ4n) is 3.68. The van der Waals surface area contributed by atoms with Crippen LogP contribution in [0.5, 0.6) is 0 Å². The number of pyridine rings is 1. The summed E-state index contributed by atoms with van der Waals surface area (Å²) in [7, 11) is 0. The highest BCUT2D eigenvalue weighted by Gasteiger charge is 2.28. The molecule has 1 saturated heterocycles. The number of likely N-dealkylation sites (tertiary alicyclic amines) is 1. The molecule has 0 radical (unpaired) electrons. The zero-order valence-electron chi connectivity index (χ0n) is 16.7. The smallest absolute Gasteiger partial charge is 0.253 e. The summed E-state index contributed by atoms with van der Waals surface area (Å²) in [6.45, 7) is 13.3. The van der Waals surface area contributed by atoms with Crippen molar-refractivity contribution < 1.29 is 4.79 Å². The van der Waals surface area contributed by atoms with Crippen molar-refractivity contribution in [1.29, 1.82) is 0 Å². The van der Waals surface area contributed by atoms with Crippen molar-refractivity contribution in [3.05, 3.63) is 23.5 Å². The molecule has 142 valence electrons. The Balaban J connectivity index is 1.74. The molecular weight excluding hydrogens is 326 g/mol. The topological polar surface area (TPSA) is 63.1 Å². The van der Waals surface area contributed by atoms with Crippen LogP contribution in [0.15, 0.2) is 12.3 Å². The Hall–Kier alpha value is -1.95. The van der Waals surface area contributed by atoms with Gasteiger partial charge in [0.05, 0.1) is 17.5 Å². The lowest BCUT2D eigenvalue weighted by Gasteiger charge is -2.41. The summed E-state index contributed by atoms with van der Waals surface area (Å²) in [5, 5.41) is 8.43. The third kappa shape index (κ3) is 3.75. The van der Waals surface area contributed by atoms with E-state index in [1.807, 2.05) is 17.7 Å². The van der Waals surface area contributed by atoms with Crippen LogP contribution in [0.25, 0.3) is 11.0 Å². The van der Waals surface area contributed by atoms with Gasteiger partial charge < -0.3 is 5.32 Å². The van der Waals surface area contributed by atoms with Gasteiger partial charge in [-0.05, 0) is 66.6 Å². The second kappa shape index (κ2) is 7.35. The average Bonchev–Trinajstić information content (AvgIpc) is 3.02. The minimum Gasteiger partial charge on any atom is -0.350 e. The number of carbonyl (C=O) groups excluding carboxylic acids is 1. The standard InChI is InChI=1S/C20H31N5O/c1-14(2)25-18-16(12-22-25)11-17(15(3)23-18)19(26)21-13-20(4,5)24-9-7-6-8-10-24/h11-12,14H,6-10,13H2,1-5H3,(H,21,26). The molecule has 26 heavy (non-hydrogen) atoms. The Kier molecular flexibility index (Phi) is 5.32. The quantitative estimate of drug-likeness (QED) is 0.892. The largest absolute Gasteiger partial charge is 0.350 e. The molecule has 1 aliphatic rings. The van der Waals surface area contributed by atoms with E-state index in [2.05, 4.69) is 48.0 Å². The molecule has 0 aromatic carbocycles. The highest BCUT2D eigenvalue weighted by molar-refractivity contribution is 5.98.